The molecule has 1 saturated carbocycles. The first kappa shape index (κ1) is 13.7. The lowest BCUT2D eigenvalue weighted by Crippen LogP contribution is -2.34. The first-order valence-corrected chi connectivity index (χ1v) is 8.39. The number of hydrogen-bond donors (Lipinski definition) is 0. The molecule has 2 fully saturated rings. The number of carbonyl (C=O) groups excluding carboxylic acids is 2. The molecule has 3 heterocycles. The molecule has 1 aliphatic heterocycles. The van der Waals surface area contributed by atoms with Crippen molar-refractivity contribution in [3.05, 3.63) is 29.5 Å². The average molecular weight is 316 g/mol. The Kier molecular flexibility index (Phi) is 3.14. The summed E-state index contributed by atoms with van der Waals surface area (Å²) < 4.78 is 5.46. The van der Waals surface area contributed by atoms with Crippen molar-refractivity contribution >= 4 is 23.2 Å². The molecule has 2 aliphatic rings. The van der Waals surface area contributed by atoms with Crippen molar-refractivity contribution in [3.8, 4) is 10.8 Å². The Morgan fingerprint density at radius 3 is 2.86 bits per heavy atom. The predicted molar refractivity (Wildman–Crippen MR) is 80.9 cm³/mol. The zero-order chi connectivity index (χ0) is 15.2. The van der Waals surface area contributed by atoms with Crippen LogP contribution in [-0.4, -0.2) is 21.7 Å². The number of carbonyl (C=O) groups is 2. The van der Waals surface area contributed by atoms with Gasteiger partial charge in [-0.25, -0.2) is 4.98 Å². The van der Waals surface area contributed by atoms with Gasteiger partial charge in [0.05, 0.1) is 22.5 Å². The van der Waals surface area contributed by atoms with E-state index in [1.165, 1.54) is 11.2 Å². The van der Waals surface area contributed by atoms with Crippen LogP contribution in [0.25, 0.3) is 10.8 Å². The third-order valence-corrected chi connectivity index (χ3v) is 5.51. The number of nitrogens with zero attached hydrogens (tertiary/aromatic N) is 2. The average Bonchev–Trinajstić information content (AvgIpc) is 3.25. The maximum Gasteiger partial charge on any atom is 0.236 e. The Balaban J connectivity index is 1.54. The van der Waals surface area contributed by atoms with Crippen LogP contribution >= 0.6 is 11.3 Å². The topological polar surface area (TPSA) is 63.4 Å². The summed E-state index contributed by atoms with van der Waals surface area (Å²) in [5.41, 5.74) is 0.206. The minimum Gasteiger partial charge on any atom is -0.443 e. The van der Waals surface area contributed by atoms with Gasteiger partial charge in [-0.15, -0.1) is 11.3 Å². The molecule has 0 radical (unpaired) electrons. The highest BCUT2D eigenvalue weighted by molar-refractivity contribution is 7.13. The van der Waals surface area contributed by atoms with E-state index in [1.807, 2.05) is 17.5 Å². The third kappa shape index (κ3) is 2.09. The summed E-state index contributed by atoms with van der Waals surface area (Å²) in [5.74, 6) is 0.447. The summed E-state index contributed by atoms with van der Waals surface area (Å²) in [6.45, 7) is 0.217. The molecular weight excluding hydrogens is 300 g/mol. The monoisotopic (exact) mass is 316 g/mol. The van der Waals surface area contributed by atoms with E-state index >= 15 is 0 Å². The largest absolute Gasteiger partial charge is 0.443 e. The zero-order valence-corrected chi connectivity index (χ0v) is 12.9. The first-order valence-electron chi connectivity index (χ1n) is 7.51. The number of oxazole rings is 1. The molecule has 0 aromatic carbocycles. The van der Waals surface area contributed by atoms with Crippen LogP contribution in [0.3, 0.4) is 0 Å². The van der Waals surface area contributed by atoms with Crippen LogP contribution in [0, 0.1) is 5.41 Å². The normalized spacial score (nSPS) is 20.5. The fourth-order valence-electron chi connectivity index (χ4n) is 3.52. The van der Waals surface area contributed by atoms with Crippen LogP contribution in [-0.2, 0) is 16.1 Å². The van der Waals surface area contributed by atoms with Gasteiger partial charge in [-0.3, -0.25) is 14.5 Å². The second-order valence-corrected chi connectivity index (χ2v) is 7.02. The van der Waals surface area contributed by atoms with Crippen LogP contribution in [0.1, 0.15) is 37.8 Å². The standard InChI is InChI=1S/C16H16N2O3S/c19-13-8-16(5-1-2-6-16)15(20)18(13)9-11-10-21-14(17-11)12-4-3-7-22-12/h3-4,7,10H,1-2,5-6,8-9H2. The maximum atomic E-state index is 12.6. The summed E-state index contributed by atoms with van der Waals surface area (Å²) in [6.07, 6.45) is 5.66. The Morgan fingerprint density at radius 2 is 2.14 bits per heavy atom. The number of likely N-dealkylation sites (tertiary alicyclic amines) is 1. The number of rotatable bonds is 3. The quantitative estimate of drug-likeness (QED) is 0.816. The molecule has 4 rings (SSSR count). The number of hydrogen-bond acceptors (Lipinski definition) is 5. The van der Waals surface area contributed by atoms with Gasteiger partial charge in [0.1, 0.15) is 6.26 Å². The minimum atomic E-state index is -0.419. The lowest BCUT2D eigenvalue weighted by atomic mass is 9.84. The van der Waals surface area contributed by atoms with Crippen molar-refractivity contribution in [2.24, 2.45) is 5.41 Å². The fraction of sp³-hybridized carbons (Fsp3) is 0.438. The van der Waals surface area contributed by atoms with Gasteiger partial charge in [0.25, 0.3) is 0 Å². The smallest absolute Gasteiger partial charge is 0.236 e. The van der Waals surface area contributed by atoms with Crippen LogP contribution in [0.2, 0.25) is 0 Å². The lowest BCUT2D eigenvalue weighted by Gasteiger charge is -2.20. The minimum absolute atomic E-state index is 0.0179. The molecular formula is C16H16N2O3S. The Labute approximate surface area is 131 Å². The molecule has 0 N–H and O–H groups in total. The van der Waals surface area contributed by atoms with Gasteiger partial charge in [0, 0.05) is 6.42 Å². The first-order chi connectivity index (χ1) is 10.7. The van der Waals surface area contributed by atoms with Crippen LogP contribution < -0.4 is 0 Å². The molecule has 1 aliphatic carbocycles. The Bertz CT molecular complexity index is 714. The van der Waals surface area contributed by atoms with E-state index in [-0.39, 0.29) is 18.4 Å². The fourth-order valence-corrected chi connectivity index (χ4v) is 4.17. The van der Waals surface area contributed by atoms with Gasteiger partial charge >= 0.3 is 0 Å². The van der Waals surface area contributed by atoms with Crippen molar-refractivity contribution in [1.29, 1.82) is 0 Å². The number of amides is 2. The highest BCUT2D eigenvalue weighted by Gasteiger charge is 2.52. The second kappa shape index (κ2) is 5.05. The van der Waals surface area contributed by atoms with E-state index in [0.717, 1.165) is 30.6 Å². The Hall–Kier alpha value is -1.95. The van der Waals surface area contributed by atoms with E-state index in [0.29, 0.717) is 18.0 Å². The van der Waals surface area contributed by atoms with Crippen molar-refractivity contribution in [1.82, 2.24) is 9.88 Å². The number of thiophene rings is 1. The highest BCUT2D eigenvalue weighted by atomic mass is 32.1. The van der Waals surface area contributed by atoms with Gasteiger partial charge < -0.3 is 4.42 Å². The molecule has 5 nitrogen and oxygen atoms in total. The van der Waals surface area contributed by atoms with Crippen molar-refractivity contribution in [3.63, 3.8) is 0 Å². The van der Waals surface area contributed by atoms with E-state index < -0.39 is 5.41 Å². The molecule has 22 heavy (non-hydrogen) atoms. The molecule has 0 unspecified atom stereocenters. The molecule has 1 saturated heterocycles. The van der Waals surface area contributed by atoms with E-state index in [1.54, 1.807) is 11.3 Å². The number of imide groups is 1. The van der Waals surface area contributed by atoms with Crippen molar-refractivity contribution in [2.45, 2.75) is 38.6 Å². The van der Waals surface area contributed by atoms with Crippen LogP contribution in [0.4, 0.5) is 0 Å². The molecule has 0 bridgehead atoms. The summed E-state index contributed by atoms with van der Waals surface area (Å²) in [7, 11) is 0. The van der Waals surface area contributed by atoms with Gasteiger partial charge in [0.15, 0.2) is 0 Å². The second-order valence-electron chi connectivity index (χ2n) is 6.07. The summed E-state index contributed by atoms with van der Waals surface area (Å²) in [4.78, 5) is 31.6. The molecule has 2 aromatic heterocycles. The SMILES string of the molecule is O=C1CC2(CCCC2)C(=O)N1Cc1coc(-c2cccs2)n1. The zero-order valence-electron chi connectivity index (χ0n) is 12.1. The van der Waals surface area contributed by atoms with E-state index in [4.69, 9.17) is 4.42 Å². The maximum absolute atomic E-state index is 12.6. The summed E-state index contributed by atoms with van der Waals surface area (Å²) in [6, 6.07) is 3.86. The van der Waals surface area contributed by atoms with Gasteiger partial charge in [-0.1, -0.05) is 18.9 Å². The van der Waals surface area contributed by atoms with Crippen LogP contribution in [0.15, 0.2) is 28.2 Å². The molecule has 2 amide bonds. The third-order valence-electron chi connectivity index (χ3n) is 4.65. The summed E-state index contributed by atoms with van der Waals surface area (Å²) in [5, 5.41) is 1.95. The van der Waals surface area contributed by atoms with Gasteiger partial charge in [0.2, 0.25) is 17.7 Å². The molecule has 2 aromatic rings. The van der Waals surface area contributed by atoms with Gasteiger partial charge in [-0.2, -0.15) is 0 Å². The lowest BCUT2D eigenvalue weighted by molar-refractivity contribution is -0.142. The summed E-state index contributed by atoms with van der Waals surface area (Å²) >= 11 is 1.54. The molecule has 114 valence electrons. The van der Waals surface area contributed by atoms with E-state index in [9.17, 15) is 9.59 Å². The van der Waals surface area contributed by atoms with Crippen molar-refractivity contribution < 1.29 is 14.0 Å². The number of aromatic nitrogens is 1. The van der Waals surface area contributed by atoms with Crippen LogP contribution in [0.5, 0.6) is 0 Å². The highest BCUT2D eigenvalue weighted by Crippen LogP contribution is 2.47. The van der Waals surface area contributed by atoms with E-state index in [2.05, 4.69) is 4.98 Å². The Morgan fingerprint density at radius 1 is 1.32 bits per heavy atom. The predicted octanol–water partition coefficient (Wildman–Crippen LogP) is 3.22. The molecule has 6 heteroatoms. The van der Waals surface area contributed by atoms with Crippen molar-refractivity contribution in [2.75, 3.05) is 0 Å². The molecule has 0 atom stereocenters. The van der Waals surface area contributed by atoms with Gasteiger partial charge in [-0.05, 0) is 24.3 Å². The molecule has 1 spiro atoms.